The van der Waals surface area contributed by atoms with Crippen molar-refractivity contribution in [3.8, 4) is 22.6 Å². The summed E-state index contributed by atoms with van der Waals surface area (Å²) in [5, 5.41) is 3.51. The van der Waals surface area contributed by atoms with E-state index in [-0.39, 0.29) is 12.5 Å². The normalized spacial score (nSPS) is 11.8. The molecule has 31 heavy (non-hydrogen) atoms. The highest BCUT2D eigenvalue weighted by atomic mass is 16.5. The van der Waals surface area contributed by atoms with Crippen LogP contribution < -0.4 is 20.4 Å². The molecule has 4 aromatic rings. The van der Waals surface area contributed by atoms with Gasteiger partial charge < -0.3 is 23.6 Å². The number of rotatable bonds is 7. The van der Waals surface area contributed by atoms with Crippen LogP contribution in [0.25, 0.3) is 22.1 Å². The zero-order chi connectivity index (χ0) is 21.8. The van der Waals surface area contributed by atoms with Crippen molar-refractivity contribution in [1.82, 2.24) is 5.32 Å². The molecule has 1 amide bonds. The Morgan fingerprint density at radius 1 is 1.06 bits per heavy atom. The molecule has 4 rings (SSSR count). The fraction of sp³-hybridized carbons (Fsp3) is 0.167. The minimum atomic E-state index is -0.746. The number of nitrogens with one attached hydrogen (secondary N) is 1. The van der Waals surface area contributed by atoms with Crippen molar-refractivity contribution in [3.05, 3.63) is 83.1 Å². The molecular weight excluding hydrogens is 398 g/mol. The topological polar surface area (TPSA) is 90.9 Å². The summed E-state index contributed by atoms with van der Waals surface area (Å²) in [6, 6.07) is 17.6. The Morgan fingerprint density at radius 2 is 1.84 bits per heavy atom. The highest BCUT2D eigenvalue weighted by Crippen LogP contribution is 2.31. The van der Waals surface area contributed by atoms with Crippen LogP contribution in [0, 0.1) is 0 Å². The van der Waals surface area contributed by atoms with E-state index < -0.39 is 11.7 Å². The minimum absolute atomic E-state index is 0.275. The fourth-order valence-electron chi connectivity index (χ4n) is 3.21. The lowest BCUT2D eigenvalue weighted by Gasteiger charge is -2.15. The molecule has 0 fully saturated rings. The zero-order valence-electron chi connectivity index (χ0n) is 17.1. The van der Waals surface area contributed by atoms with Crippen LogP contribution in [0.2, 0.25) is 0 Å². The van der Waals surface area contributed by atoms with Gasteiger partial charge in [-0.05, 0) is 54.4 Å². The van der Waals surface area contributed by atoms with E-state index >= 15 is 0 Å². The van der Waals surface area contributed by atoms with Crippen LogP contribution in [-0.2, 0) is 11.3 Å². The van der Waals surface area contributed by atoms with Gasteiger partial charge in [0.15, 0.2) is 6.10 Å². The molecule has 0 saturated heterocycles. The lowest BCUT2D eigenvalue weighted by Crippen LogP contribution is -2.35. The fourth-order valence-corrected chi connectivity index (χ4v) is 3.21. The van der Waals surface area contributed by atoms with E-state index in [2.05, 4.69) is 5.32 Å². The molecule has 158 valence electrons. The van der Waals surface area contributed by atoms with Gasteiger partial charge in [-0.25, -0.2) is 4.79 Å². The van der Waals surface area contributed by atoms with Gasteiger partial charge in [-0.15, -0.1) is 0 Å². The van der Waals surface area contributed by atoms with Gasteiger partial charge in [-0.3, -0.25) is 4.79 Å². The van der Waals surface area contributed by atoms with Crippen LogP contribution in [0.5, 0.6) is 11.5 Å². The number of furan rings is 1. The molecule has 2 aromatic heterocycles. The van der Waals surface area contributed by atoms with Crippen molar-refractivity contribution >= 4 is 16.9 Å². The Hall–Kier alpha value is -4.00. The van der Waals surface area contributed by atoms with Gasteiger partial charge in [-0.1, -0.05) is 12.1 Å². The third-order valence-electron chi connectivity index (χ3n) is 4.82. The van der Waals surface area contributed by atoms with Crippen LogP contribution in [0.1, 0.15) is 12.7 Å². The van der Waals surface area contributed by atoms with Gasteiger partial charge in [0.05, 0.1) is 19.9 Å². The van der Waals surface area contributed by atoms with Gasteiger partial charge in [0, 0.05) is 17.5 Å². The maximum Gasteiger partial charge on any atom is 0.336 e. The van der Waals surface area contributed by atoms with E-state index in [9.17, 15) is 9.59 Å². The summed E-state index contributed by atoms with van der Waals surface area (Å²) in [4.78, 5) is 24.4. The van der Waals surface area contributed by atoms with Crippen LogP contribution in [0.3, 0.4) is 0 Å². The van der Waals surface area contributed by atoms with Gasteiger partial charge in [-0.2, -0.15) is 0 Å². The second-order valence-electron chi connectivity index (χ2n) is 6.92. The lowest BCUT2D eigenvalue weighted by molar-refractivity contribution is -0.127. The van der Waals surface area contributed by atoms with Crippen molar-refractivity contribution in [2.75, 3.05) is 7.11 Å². The third-order valence-corrected chi connectivity index (χ3v) is 4.82. The average Bonchev–Trinajstić information content (AvgIpc) is 3.30. The molecule has 7 heteroatoms. The number of hydrogen-bond acceptors (Lipinski definition) is 6. The predicted molar refractivity (Wildman–Crippen MR) is 115 cm³/mol. The molecule has 0 aliphatic heterocycles. The molecule has 2 heterocycles. The van der Waals surface area contributed by atoms with E-state index in [0.29, 0.717) is 17.1 Å². The summed E-state index contributed by atoms with van der Waals surface area (Å²) in [5.74, 6) is 1.51. The van der Waals surface area contributed by atoms with Crippen molar-refractivity contribution in [2.45, 2.75) is 19.6 Å². The van der Waals surface area contributed by atoms with Crippen LogP contribution >= 0.6 is 0 Å². The molecule has 7 nitrogen and oxygen atoms in total. The highest BCUT2D eigenvalue weighted by molar-refractivity contribution is 5.94. The standard InChI is InChI=1S/C24H21NO6/c1-15(24(27)25-14-19-4-3-11-29-19)30-18-9-10-20-21(13-23(26)31-22(20)12-18)16-5-7-17(28-2)8-6-16/h3-13,15H,14H2,1-2H3,(H,25,27)/t15-/m1/s1. The van der Waals surface area contributed by atoms with E-state index in [4.69, 9.17) is 18.3 Å². The number of carbonyl (C=O) groups excluding carboxylic acids is 1. The monoisotopic (exact) mass is 419 g/mol. The second kappa shape index (κ2) is 8.79. The van der Waals surface area contributed by atoms with Crippen LogP contribution in [0.4, 0.5) is 0 Å². The highest BCUT2D eigenvalue weighted by Gasteiger charge is 2.16. The molecule has 1 atom stereocenters. The zero-order valence-corrected chi connectivity index (χ0v) is 17.1. The maximum absolute atomic E-state index is 12.3. The summed E-state index contributed by atoms with van der Waals surface area (Å²) in [6.45, 7) is 1.92. The first-order valence-corrected chi connectivity index (χ1v) is 9.72. The lowest BCUT2D eigenvalue weighted by atomic mass is 10.0. The maximum atomic E-state index is 12.3. The SMILES string of the molecule is COc1ccc(-c2cc(=O)oc3cc(O[C@H](C)C(=O)NCc4ccco4)ccc23)cc1. The van der Waals surface area contributed by atoms with Crippen molar-refractivity contribution < 1.29 is 23.1 Å². The number of fused-ring (bicyclic) bond motifs is 1. The second-order valence-corrected chi connectivity index (χ2v) is 6.92. The minimum Gasteiger partial charge on any atom is -0.497 e. The first kappa shape index (κ1) is 20.3. The number of ether oxygens (including phenoxy) is 2. The molecule has 0 bridgehead atoms. The summed E-state index contributed by atoms with van der Waals surface area (Å²) in [6.07, 6.45) is 0.800. The van der Waals surface area contributed by atoms with Gasteiger partial charge >= 0.3 is 5.63 Å². The van der Waals surface area contributed by atoms with Crippen LogP contribution in [0.15, 0.2) is 80.6 Å². The smallest absolute Gasteiger partial charge is 0.336 e. The van der Waals surface area contributed by atoms with Gasteiger partial charge in [0.1, 0.15) is 22.8 Å². The number of benzene rings is 2. The quantitative estimate of drug-likeness (QED) is 0.453. The Bertz CT molecular complexity index is 1240. The molecule has 0 saturated carbocycles. The molecule has 2 aromatic carbocycles. The molecule has 0 spiro atoms. The average molecular weight is 419 g/mol. The first-order valence-electron chi connectivity index (χ1n) is 9.72. The number of hydrogen-bond donors (Lipinski definition) is 1. The molecule has 1 N–H and O–H groups in total. The third kappa shape index (κ3) is 4.61. The molecule has 0 aliphatic carbocycles. The number of carbonyl (C=O) groups is 1. The molecule has 0 unspecified atom stereocenters. The van der Waals surface area contributed by atoms with E-state index in [1.54, 1.807) is 50.6 Å². The van der Waals surface area contributed by atoms with E-state index in [1.165, 1.54) is 6.07 Å². The summed E-state index contributed by atoms with van der Waals surface area (Å²) in [7, 11) is 1.60. The molecule has 0 aliphatic rings. The van der Waals surface area contributed by atoms with Crippen molar-refractivity contribution in [1.29, 1.82) is 0 Å². The summed E-state index contributed by atoms with van der Waals surface area (Å²) >= 11 is 0. The van der Waals surface area contributed by atoms with Crippen molar-refractivity contribution in [2.24, 2.45) is 0 Å². The Balaban J connectivity index is 1.54. The largest absolute Gasteiger partial charge is 0.497 e. The Kier molecular flexibility index (Phi) is 5.75. The summed E-state index contributed by atoms with van der Waals surface area (Å²) in [5.41, 5.74) is 1.50. The van der Waals surface area contributed by atoms with Crippen LogP contribution in [-0.4, -0.2) is 19.1 Å². The molecular formula is C24H21NO6. The van der Waals surface area contributed by atoms with E-state index in [1.807, 2.05) is 24.3 Å². The van der Waals surface area contributed by atoms with Crippen molar-refractivity contribution in [3.63, 3.8) is 0 Å². The van der Waals surface area contributed by atoms with Gasteiger partial charge in [0.2, 0.25) is 0 Å². The first-order chi connectivity index (χ1) is 15.0. The Labute approximate surface area is 178 Å². The molecule has 0 radical (unpaired) electrons. The predicted octanol–water partition coefficient (Wildman–Crippen LogP) is 4.15. The van der Waals surface area contributed by atoms with E-state index in [0.717, 1.165) is 22.3 Å². The van der Waals surface area contributed by atoms with Gasteiger partial charge in [0.25, 0.3) is 5.91 Å². The summed E-state index contributed by atoms with van der Waals surface area (Å²) < 4.78 is 21.5. The Morgan fingerprint density at radius 3 is 2.55 bits per heavy atom. The number of methoxy groups -OCH3 is 1. The number of amides is 1.